The van der Waals surface area contributed by atoms with Crippen LogP contribution in [0.15, 0.2) is 35.3 Å². The lowest BCUT2D eigenvalue weighted by molar-refractivity contribution is 0.0955. The quantitative estimate of drug-likeness (QED) is 0.490. The highest BCUT2D eigenvalue weighted by Crippen LogP contribution is 2.07. The van der Waals surface area contributed by atoms with E-state index in [0.717, 1.165) is 25.6 Å². The van der Waals surface area contributed by atoms with Crippen molar-refractivity contribution in [3.05, 3.63) is 35.9 Å². The normalized spacial score (nSPS) is 15.1. The summed E-state index contributed by atoms with van der Waals surface area (Å²) in [4.78, 5) is 18.7. The molecule has 2 rings (SSSR count). The molecule has 1 aromatic rings. The molecule has 0 unspecified atom stereocenters. The lowest BCUT2D eigenvalue weighted by Gasteiger charge is -2.20. The van der Waals surface area contributed by atoms with Gasteiger partial charge in [-0.2, -0.15) is 0 Å². The Morgan fingerprint density at radius 3 is 2.57 bits per heavy atom. The van der Waals surface area contributed by atoms with Crippen molar-refractivity contribution in [3.8, 4) is 0 Å². The minimum atomic E-state index is -0.0445. The number of carbonyl (C=O) groups is 1. The average Bonchev–Trinajstić information content (AvgIpc) is 3.05. The third kappa shape index (κ3) is 4.77. The Bertz CT molecular complexity index is 466. The number of guanidine groups is 1. The summed E-state index contributed by atoms with van der Waals surface area (Å²) in [6, 6.07) is 9.26. The van der Waals surface area contributed by atoms with Crippen molar-refractivity contribution in [3.63, 3.8) is 0 Å². The van der Waals surface area contributed by atoms with E-state index in [4.69, 9.17) is 0 Å². The molecule has 1 aromatic carbocycles. The number of hydrogen-bond donors (Lipinski definition) is 2. The van der Waals surface area contributed by atoms with Crippen LogP contribution >= 0.6 is 0 Å². The van der Waals surface area contributed by atoms with E-state index < -0.39 is 0 Å². The zero-order valence-corrected chi connectivity index (χ0v) is 12.6. The van der Waals surface area contributed by atoms with E-state index in [1.54, 1.807) is 0 Å². The molecule has 0 radical (unpaired) electrons. The highest BCUT2D eigenvalue weighted by atomic mass is 16.1. The molecular formula is C16H24N4O. The zero-order valence-electron chi connectivity index (χ0n) is 12.6. The average molecular weight is 288 g/mol. The number of aliphatic imine (C=N–C) groups is 1. The van der Waals surface area contributed by atoms with Crippen molar-refractivity contribution in [1.29, 1.82) is 0 Å². The predicted octanol–water partition coefficient (Wildman–Crippen LogP) is 1.48. The van der Waals surface area contributed by atoms with Gasteiger partial charge in [0.25, 0.3) is 5.91 Å². The van der Waals surface area contributed by atoms with Gasteiger partial charge in [-0.3, -0.25) is 9.79 Å². The first kappa shape index (κ1) is 15.4. The van der Waals surface area contributed by atoms with Crippen molar-refractivity contribution in [1.82, 2.24) is 15.5 Å². The first-order valence-corrected chi connectivity index (χ1v) is 7.67. The maximum absolute atomic E-state index is 11.9. The Hall–Kier alpha value is -2.04. The molecule has 1 amide bonds. The lowest BCUT2D eigenvalue weighted by Crippen LogP contribution is -2.40. The minimum Gasteiger partial charge on any atom is -0.357 e. The molecule has 21 heavy (non-hydrogen) atoms. The van der Waals surface area contributed by atoms with E-state index in [-0.39, 0.29) is 5.91 Å². The molecule has 0 saturated carbocycles. The molecule has 1 fully saturated rings. The smallest absolute Gasteiger partial charge is 0.251 e. The number of amides is 1. The standard InChI is InChI=1S/C16H24N4O/c1-2-17-16(20-12-6-7-13-20)19-11-10-18-15(21)14-8-4-3-5-9-14/h3-5,8-9H,2,6-7,10-13H2,1H3,(H,17,19)(H,18,21). The number of likely N-dealkylation sites (tertiary alicyclic amines) is 1. The topological polar surface area (TPSA) is 56.7 Å². The molecule has 0 atom stereocenters. The van der Waals surface area contributed by atoms with Crippen LogP contribution in [0, 0.1) is 0 Å². The molecule has 1 heterocycles. The fourth-order valence-corrected chi connectivity index (χ4v) is 2.38. The third-order valence-electron chi connectivity index (χ3n) is 3.44. The molecular weight excluding hydrogens is 264 g/mol. The Labute approximate surface area is 126 Å². The Morgan fingerprint density at radius 2 is 1.90 bits per heavy atom. The summed E-state index contributed by atoms with van der Waals surface area (Å²) in [5.74, 6) is 0.918. The number of nitrogens with zero attached hydrogens (tertiary/aromatic N) is 2. The van der Waals surface area contributed by atoms with Gasteiger partial charge in [0.2, 0.25) is 0 Å². The highest BCUT2D eigenvalue weighted by molar-refractivity contribution is 5.94. The van der Waals surface area contributed by atoms with Gasteiger partial charge in [-0.15, -0.1) is 0 Å². The molecule has 1 aliphatic heterocycles. The van der Waals surface area contributed by atoms with E-state index in [1.807, 2.05) is 30.3 Å². The molecule has 0 spiro atoms. The number of carbonyl (C=O) groups excluding carboxylic acids is 1. The van der Waals surface area contributed by atoms with Crippen LogP contribution in [0.3, 0.4) is 0 Å². The summed E-state index contributed by atoms with van der Waals surface area (Å²) in [6.45, 7) is 6.23. The Balaban J connectivity index is 1.78. The van der Waals surface area contributed by atoms with Crippen molar-refractivity contribution in [2.75, 3.05) is 32.7 Å². The van der Waals surface area contributed by atoms with E-state index in [2.05, 4.69) is 27.4 Å². The maximum Gasteiger partial charge on any atom is 0.251 e. The second kappa shape index (κ2) is 8.29. The van der Waals surface area contributed by atoms with Gasteiger partial charge in [0.15, 0.2) is 5.96 Å². The van der Waals surface area contributed by atoms with Gasteiger partial charge in [-0.1, -0.05) is 18.2 Å². The summed E-state index contributed by atoms with van der Waals surface area (Å²) in [6.07, 6.45) is 2.46. The lowest BCUT2D eigenvalue weighted by atomic mass is 10.2. The van der Waals surface area contributed by atoms with Crippen LogP contribution in [-0.4, -0.2) is 49.5 Å². The zero-order chi connectivity index (χ0) is 14.9. The van der Waals surface area contributed by atoms with Crippen LogP contribution in [0.2, 0.25) is 0 Å². The minimum absolute atomic E-state index is 0.0445. The summed E-state index contributed by atoms with van der Waals surface area (Å²) in [5, 5.41) is 6.20. The molecule has 1 saturated heterocycles. The van der Waals surface area contributed by atoms with Crippen molar-refractivity contribution >= 4 is 11.9 Å². The molecule has 1 aliphatic rings. The Morgan fingerprint density at radius 1 is 1.19 bits per heavy atom. The van der Waals surface area contributed by atoms with Gasteiger partial charge in [0.05, 0.1) is 6.54 Å². The van der Waals surface area contributed by atoms with Crippen LogP contribution < -0.4 is 10.6 Å². The molecule has 0 aliphatic carbocycles. The van der Waals surface area contributed by atoms with Gasteiger partial charge < -0.3 is 15.5 Å². The maximum atomic E-state index is 11.9. The van der Waals surface area contributed by atoms with Gasteiger partial charge in [-0.25, -0.2) is 0 Å². The summed E-state index contributed by atoms with van der Waals surface area (Å²) in [7, 11) is 0. The summed E-state index contributed by atoms with van der Waals surface area (Å²) < 4.78 is 0. The second-order valence-electron chi connectivity index (χ2n) is 5.05. The van der Waals surface area contributed by atoms with E-state index in [9.17, 15) is 4.79 Å². The first-order chi connectivity index (χ1) is 10.3. The largest absolute Gasteiger partial charge is 0.357 e. The molecule has 114 valence electrons. The number of nitrogens with one attached hydrogen (secondary N) is 2. The highest BCUT2D eigenvalue weighted by Gasteiger charge is 2.15. The van der Waals surface area contributed by atoms with E-state index >= 15 is 0 Å². The fourth-order valence-electron chi connectivity index (χ4n) is 2.38. The SMILES string of the molecule is CCNC(=NCCNC(=O)c1ccccc1)N1CCCC1. The molecule has 0 aromatic heterocycles. The number of rotatable bonds is 5. The monoisotopic (exact) mass is 288 g/mol. The Kier molecular flexibility index (Phi) is 6.06. The number of hydrogen-bond acceptors (Lipinski definition) is 2. The van der Waals surface area contributed by atoms with Crippen LogP contribution in [0.1, 0.15) is 30.1 Å². The molecule has 0 bridgehead atoms. The first-order valence-electron chi connectivity index (χ1n) is 7.67. The van der Waals surface area contributed by atoms with E-state index in [0.29, 0.717) is 18.7 Å². The summed E-state index contributed by atoms with van der Waals surface area (Å²) in [5.41, 5.74) is 0.688. The van der Waals surface area contributed by atoms with E-state index in [1.165, 1.54) is 12.8 Å². The van der Waals surface area contributed by atoms with Crippen LogP contribution in [0.4, 0.5) is 0 Å². The molecule has 2 N–H and O–H groups in total. The van der Waals surface area contributed by atoms with Crippen molar-refractivity contribution in [2.45, 2.75) is 19.8 Å². The molecule has 5 heteroatoms. The van der Waals surface area contributed by atoms with Crippen LogP contribution in [0.5, 0.6) is 0 Å². The fraction of sp³-hybridized carbons (Fsp3) is 0.500. The predicted molar refractivity (Wildman–Crippen MR) is 85.6 cm³/mol. The number of benzene rings is 1. The van der Waals surface area contributed by atoms with Gasteiger partial charge in [0.1, 0.15) is 0 Å². The van der Waals surface area contributed by atoms with Crippen molar-refractivity contribution in [2.24, 2.45) is 4.99 Å². The third-order valence-corrected chi connectivity index (χ3v) is 3.44. The van der Waals surface area contributed by atoms with Gasteiger partial charge in [0, 0.05) is 31.7 Å². The molecule has 5 nitrogen and oxygen atoms in total. The van der Waals surface area contributed by atoms with Crippen molar-refractivity contribution < 1.29 is 4.79 Å². The van der Waals surface area contributed by atoms with Gasteiger partial charge in [-0.05, 0) is 31.9 Å². The summed E-state index contributed by atoms with van der Waals surface area (Å²) >= 11 is 0. The van der Waals surface area contributed by atoms with Gasteiger partial charge >= 0.3 is 0 Å². The second-order valence-corrected chi connectivity index (χ2v) is 5.05. The van der Waals surface area contributed by atoms with Crippen LogP contribution in [0.25, 0.3) is 0 Å². The van der Waals surface area contributed by atoms with Crippen LogP contribution in [-0.2, 0) is 0 Å².